The molecule has 0 aromatic carbocycles. The molecule has 0 aromatic rings. The van der Waals surface area contributed by atoms with Crippen LogP contribution in [0.1, 0.15) is 26.7 Å². The molecule has 0 radical (unpaired) electrons. The third-order valence-electron chi connectivity index (χ3n) is 1.97. The van der Waals surface area contributed by atoms with E-state index in [1.165, 1.54) is 5.57 Å². The molecular weight excluding hydrogens is 127 g/mol. The van der Waals surface area contributed by atoms with Gasteiger partial charge in [-0.1, -0.05) is 24.6 Å². The van der Waals surface area contributed by atoms with Crippen molar-refractivity contribution in [1.29, 1.82) is 0 Å². The summed E-state index contributed by atoms with van der Waals surface area (Å²) >= 11 is 0. The highest BCUT2D eigenvalue weighted by Crippen LogP contribution is 2.22. The summed E-state index contributed by atoms with van der Waals surface area (Å²) in [5.41, 5.74) is 2.08. The molecule has 1 heteroatoms. The quantitative estimate of drug-likeness (QED) is 0.525. The van der Waals surface area contributed by atoms with Crippen LogP contribution in [0.4, 0.5) is 4.39 Å². The third kappa shape index (κ3) is 1.47. The summed E-state index contributed by atoms with van der Waals surface area (Å²) in [7, 11) is 0. The molecule has 0 heterocycles. The SMILES string of the molecule is CCC1=CC=C(C)C(F)C1. The second kappa shape index (κ2) is 3.00. The summed E-state index contributed by atoms with van der Waals surface area (Å²) < 4.78 is 12.9. The van der Waals surface area contributed by atoms with E-state index in [-0.39, 0.29) is 0 Å². The van der Waals surface area contributed by atoms with Crippen molar-refractivity contribution in [1.82, 2.24) is 0 Å². The van der Waals surface area contributed by atoms with Gasteiger partial charge in [0.25, 0.3) is 0 Å². The average molecular weight is 140 g/mol. The minimum absolute atomic E-state index is 0.610. The van der Waals surface area contributed by atoms with E-state index in [1.54, 1.807) is 0 Å². The van der Waals surface area contributed by atoms with Crippen molar-refractivity contribution < 1.29 is 4.39 Å². The van der Waals surface area contributed by atoms with Gasteiger partial charge in [0.1, 0.15) is 6.17 Å². The van der Waals surface area contributed by atoms with Crippen LogP contribution >= 0.6 is 0 Å². The van der Waals surface area contributed by atoms with Crippen LogP contribution in [0.2, 0.25) is 0 Å². The maximum absolute atomic E-state index is 12.9. The van der Waals surface area contributed by atoms with Gasteiger partial charge < -0.3 is 0 Å². The zero-order chi connectivity index (χ0) is 7.56. The molecule has 0 nitrogen and oxygen atoms in total. The summed E-state index contributed by atoms with van der Waals surface area (Å²) in [6, 6.07) is 0. The van der Waals surface area contributed by atoms with E-state index in [1.807, 2.05) is 19.1 Å². The second-order valence-corrected chi connectivity index (χ2v) is 2.76. The Morgan fingerprint density at radius 2 is 2.30 bits per heavy atom. The molecule has 1 aliphatic carbocycles. The Hall–Kier alpha value is -0.590. The molecule has 0 saturated carbocycles. The molecule has 1 rings (SSSR count). The van der Waals surface area contributed by atoms with Crippen molar-refractivity contribution in [3.05, 3.63) is 23.3 Å². The molecule has 0 bridgehead atoms. The summed E-state index contributed by atoms with van der Waals surface area (Å²) in [5.74, 6) is 0. The fourth-order valence-electron chi connectivity index (χ4n) is 1.08. The van der Waals surface area contributed by atoms with Crippen molar-refractivity contribution >= 4 is 0 Å². The first-order valence-electron chi connectivity index (χ1n) is 3.74. The number of hydrogen-bond donors (Lipinski definition) is 0. The zero-order valence-electron chi connectivity index (χ0n) is 6.52. The van der Waals surface area contributed by atoms with Gasteiger partial charge in [-0.2, -0.15) is 0 Å². The molecular formula is C9H13F. The lowest BCUT2D eigenvalue weighted by molar-refractivity contribution is 0.373. The minimum Gasteiger partial charge on any atom is -0.242 e. The monoisotopic (exact) mass is 140 g/mol. The minimum atomic E-state index is -0.722. The molecule has 1 unspecified atom stereocenters. The fraction of sp³-hybridized carbons (Fsp3) is 0.556. The Labute approximate surface area is 61.4 Å². The molecule has 0 fully saturated rings. The van der Waals surface area contributed by atoms with Gasteiger partial charge in [0.2, 0.25) is 0 Å². The molecule has 10 heavy (non-hydrogen) atoms. The predicted octanol–water partition coefficient (Wildman–Crippen LogP) is 3.01. The van der Waals surface area contributed by atoms with Gasteiger partial charge in [0.05, 0.1) is 0 Å². The van der Waals surface area contributed by atoms with E-state index in [9.17, 15) is 4.39 Å². The first kappa shape index (κ1) is 7.52. The number of alkyl halides is 1. The van der Waals surface area contributed by atoms with Crippen molar-refractivity contribution in [3.63, 3.8) is 0 Å². The zero-order valence-corrected chi connectivity index (χ0v) is 6.52. The van der Waals surface area contributed by atoms with Gasteiger partial charge in [0.15, 0.2) is 0 Å². The van der Waals surface area contributed by atoms with Crippen molar-refractivity contribution in [2.75, 3.05) is 0 Å². The van der Waals surface area contributed by atoms with E-state index in [0.29, 0.717) is 6.42 Å². The molecule has 0 aliphatic heterocycles. The van der Waals surface area contributed by atoms with Gasteiger partial charge in [-0.25, -0.2) is 4.39 Å². The van der Waals surface area contributed by atoms with Gasteiger partial charge >= 0.3 is 0 Å². The van der Waals surface area contributed by atoms with Crippen LogP contribution in [-0.4, -0.2) is 6.17 Å². The Morgan fingerprint density at radius 1 is 1.60 bits per heavy atom. The Morgan fingerprint density at radius 3 is 2.80 bits per heavy atom. The van der Waals surface area contributed by atoms with Crippen LogP contribution in [0, 0.1) is 0 Å². The molecule has 0 amide bonds. The number of allylic oxidation sites excluding steroid dienone is 4. The Balaban J connectivity index is 2.68. The van der Waals surface area contributed by atoms with E-state index in [4.69, 9.17) is 0 Å². The van der Waals surface area contributed by atoms with Gasteiger partial charge in [-0.3, -0.25) is 0 Å². The molecule has 0 saturated heterocycles. The summed E-state index contributed by atoms with van der Waals surface area (Å²) in [5, 5.41) is 0. The fourth-order valence-corrected chi connectivity index (χ4v) is 1.08. The number of halogens is 1. The van der Waals surface area contributed by atoms with Crippen LogP contribution in [0.5, 0.6) is 0 Å². The molecule has 1 aliphatic rings. The molecule has 0 spiro atoms. The van der Waals surface area contributed by atoms with Crippen LogP contribution in [0.25, 0.3) is 0 Å². The highest BCUT2D eigenvalue weighted by Gasteiger charge is 2.13. The topological polar surface area (TPSA) is 0 Å². The summed E-state index contributed by atoms with van der Waals surface area (Å²) in [4.78, 5) is 0. The number of rotatable bonds is 1. The standard InChI is InChI=1S/C9H13F/c1-3-8-5-4-7(2)9(10)6-8/h4-5,9H,3,6H2,1-2H3. The number of hydrogen-bond acceptors (Lipinski definition) is 0. The van der Waals surface area contributed by atoms with Crippen LogP contribution in [0.3, 0.4) is 0 Å². The maximum atomic E-state index is 12.9. The van der Waals surface area contributed by atoms with E-state index in [2.05, 4.69) is 6.92 Å². The molecule has 0 aromatic heterocycles. The van der Waals surface area contributed by atoms with Gasteiger partial charge in [-0.15, -0.1) is 0 Å². The van der Waals surface area contributed by atoms with Gasteiger partial charge in [-0.05, 0) is 18.9 Å². The first-order chi connectivity index (χ1) is 4.74. The lowest BCUT2D eigenvalue weighted by Gasteiger charge is -2.14. The maximum Gasteiger partial charge on any atom is 0.125 e. The first-order valence-corrected chi connectivity index (χ1v) is 3.74. The lowest BCUT2D eigenvalue weighted by Crippen LogP contribution is -2.06. The lowest BCUT2D eigenvalue weighted by atomic mass is 9.96. The average Bonchev–Trinajstić information content (AvgIpc) is 1.95. The molecule has 0 N–H and O–H groups in total. The van der Waals surface area contributed by atoms with Gasteiger partial charge in [0, 0.05) is 6.42 Å². The Kier molecular flexibility index (Phi) is 2.25. The smallest absolute Gasteiger partial charge is 0.125 e. The van der Waals surface area contributed by atoms with E-state index >= 15 is 0 Å². The van der Waals surface area contributed by atoms with E-state index < -0.39 is 6.17 Å². The van der Waals surface area contributed by atoms with E-state index in [0.717, 1.165) is 12.0 Å². The predicted molar refractivity (Wildman–Crippen MR) is 41.6 cm³/mol. The summed E-state index contributed by atoms with van der Waals surface area (Å²) in [6.45, 7) is 3.90. The van der Waals surface area contributed by atoms with Crippen molar-refractivity contribution in [3.8, 4) is 0 Å². The third-order valence-corrected chi connectivity index (χ3v) is 1.97. The molecule has 1 atom stereocenters. The van der Waals surface area contributed by atoms with Crippen molar-refractivity contribution in [2.45, 2.75) is 32.9 Å². The molecule has 56 valence electrons. The Bertz CT molecular complexity index is 177. The highest BCUT2D eigenvalue weighted by molar-refractivity contribution is 5.26. The second-order valence-electron chi connectivity index (χ2n) is 2.76. The normalized spacial score (nSPS) is 25.7. The van der Waals surface area contributed by atoms with Crippen LogP contribution < -0.4 is 0 Å². The van der Waals surface area contributed by atoms with Crippen LogP contribution in [0.15, 0.2) is 23.3 Å². The largest absolute Gasteiger partial charge is 0.242 e. The van der Waals surface area contributed by atoms with Crippen LogP contribution in [-0.2, 0) is 0 Å². The van der Waals surface area contributed by atoms with Crippen molar-refractivity contribution in [2.24, 2.45) is 0 Å². The summed E-state index contributed by atoms with van der Waals surface area (Å²) in [6.07, 6.45) is 4.78. The highest BCUT2D eigenvalue weighted by atomic mass is 19.1.